The molecule has 2 rings (SSSR count). The van der Waals surface area contributed by atoms with Gasteiger partial charge >= 0.3 is 0 Å². The Bertz CT molecular complexity index is 284. The van der Waals surface area contributed by atoms with Crippen LogP contribution in [-0.2, 0) is 11.8 Å². The van der Waals surface area contributed by atoms with Gasteiger partial charge in [-0.1, -0.05) is 29.4 Å². The average Bonchev–Trinajstić information content (AvgIpc) is 2.44. The number of rotatable bonds is 1. The molecule has 0 aromatic rings. The van der Waals surface area contributed by atoms with Crippen molar-refractivity contribution >= 4 is 18.0 Å². The lowest BCUT2D eigenvalue weighted by molar-refractivity contribution is 0.369. The molecule has 80 valence electrons. The molecule has 1 fully saturated rings. The molecule has 2 heterocycles. The van der Waals surface area contributed by atoms with Crippen LogP contribution in [-0.4, -0.2) is 30.1 Å². The van der Waals surface area contributed by atoms with Gasteiger partial charge < -0.3 is 0 Å². The van der Waals surface area contributed by atoms with Gasteiger partial charge in [-0.15, -0.1) is 0 Å². The minimum absolute atomic E-state index is 1.17. The van der Waals surface area contributed by atoms with Crippen molar-refractivity contribution in [2.24, 2.45) is 0 Å². The van der Waals surface area contributed by atoms with Crippen LogP contribution in [0.1, 0.15) is 33.1 Å². The monoisotopic (exact) mass is 229 g/mol. The summed E-state index contributed by atoms with van der Waals surface area (Å²) < 4.78 is 2.66. The molecule has 1 saturated heterocycles. The van der Waals surface area contributed by atoms with Crippen LogP contribution in [0.3, 0.4) is 0 Å². The lowest BCUT2D eigenvalue weighted by atomic mass is 10.2. The maximum Gasteiger partial charge on any atom is 0.0228 e. The first kappa shape index (κ1) is 10.9. The quantitative estimate of drug-likeness (QED) is 0.502. The summed E-state index contributed by atoms with van der Waals surface area (Å²) in [6, 6.07) is 0. The average molecular weight is 229 g/mol. The predicted octanol–water partition coefficient (Wildman–Crippen LogP) is 3.22. The van der Waals surface area contributed by atoms with E-state index in [4.69, 9.17) is 11.8 Å². The topological polar surface area (TPSA) is 3.24 Å². The molecule has 0 bridgehead atoms. The van der Waals surface area contributed by atoms with Crippen molar-refractivity contribution in [3.8, 4) is 0 Å². The zero-order valence-electron chi connectivity index (χ0n) is 9.25. The summed E-state index contributed by atoms with van der Waals surface area (Å²) in [5.74, 6) is 0. The third-order valence-electron chi connectivity index (χ3n) is 3.54. The van der Waals surface area contributed by atoms with Gasteiger partial charge in [0, 0.05) is 31.6 Å². The maximum absolute atomic E-state index is 5.94. The van der Waals surface area contributed by atoms with E-state index in [0.29, 0.717) is 0 Å². The second-order valence-electron chi connectivity index (χ2n) is 4.74. The Labute approximate surface area is 92.6 Å². The molecular formula is C11H20NPS. The highest BCUT2D eigenvalue weighted by Crippen LogP contribution is 2.57. The first-order chi connectivity index (χ1) is 6.62. The molecule has 0 radical (unpaired) electrons. The van der Waals surface area contributed by atoms with E-state index in [1.165, 1.54) is 44.7 Å². The maximum atomic E-state index is 5.94. The summed E-state index contributed by atoms with van der Waals surface area (Å²) in [5.41, 5.74) is 3.16. The van der Waals surface area contributed by atoms with Gasteiger partial charge in [-0.25, -0.2) is 0 Å². The van der Waals surface area contributed by atoms with Gasteiger partial charge in [0.1, 0.15) is 0 Å². The molecule has 0 aromatic heterocycles. The fraction of sp³-hybridized carbons (Fsp3) is 0.818. The molecule has 0 atom stereocenters. The van der Waals surface area contributed by atoms with Gasteiger partial charge in [0.05, 0.1) is 0 Å². The van der Waals surface area contributed by atoms with Crippen molar-refractivity contribution in [3.05, 3.63) is 11.1 Å². The highest BCUT2D eigenvalue weighted by molar-refractivity contribution is 8.13. The lowest BCUT2D eigenvalue weighted by Gasteiger charge is -2.35. The van der Waals surface area contributed by atoms with Crippen LogP contribution >= 0.6 is 6.19 Å². The second-order valence-corrected chi connectivity index (χ2v) is 9.67. The predicted molar refractivity (Wildman–Crippen MR) is 67.8 cm³/mol. The summed E-state index contributed by atoms with van der Waals surface area (Å²) in [7, 11) is 0. The van der Waals surface area contributed by atoms with Crippen LogP contribution < -0.4 is 0 Å². The van der Waals surface area contributed by atoms with Crippen molar-refractivity contribution in [3.63, 3.8) is 0 Å². The normalized spacial score (nSPS) is 28.4. The molecule has 3 heteroatoms. The van der Waals surface area contributed by atoms with Crippen molar-refractivity contribution in [1.82, 2.24) is 4.67 Å². The molecule has 0 saturated carbocycles. The van der Waals surface area contributed by atoms with Crippen molar-refractivity contribution in [2.75, 3.05) is 25.4 Å². The minimum Gasteiger partial charge on any atom is -0.274 e. The van der Waals surface area contributed by atoms with Crippen LogP contribution in [0.4, 0.5) is 0 Å². The Kier molecular flexibility index (Phi) is 3.16. The largest absolute Gasteiger partial charge is 0.274 e. The first-order valence-electron chi connectivity index (χ1n) is 5.60. The van der Waals surface area contributed by atoms with E-state index in [0.717, 1.165) is 0 Å². The summed E-state index contributed by atoms with van der Waals surface area (Å²) in [5, 5.41) is 0. The van der Waals surface area contributed by atoms with E-state index < -0.39 is 6.19 Å². The number of hydrogen-bond acceptors (Lipinski definition) is 1. The number of allylic oxidation sites excluding steroid dienone is 2. The minimum atomic E-state index is -1.17. The van der Waals surface area contributed by atoms with Gasteiger partial charge in [0.2, 0.25) is 0 Å². The number of piperidine rings is 1. The Hall–Kier alpha value is 0.350. The van der Waals surface area contributed by atoms with Gasteiger partial charge in [-0.3, -0.25) is 4.67 Å². The Balaban J connectivity index is 2.08. The molecule has 0 aromatic carbocycles. The molecular weight excluding hydrogens is 209 g/mol. The lowest BCUT2D eigenvalue weighted by Crippen LogP contribution is -2.27. The summed E-state index contributed by atoms with van der Waals surface area (Å²) in [6.45, 7) is 7.09. The Morgan fingerprint density at radius 1 is 1.00 bits per heavy atom. The van der Waals surface area contributed by atoms with Crippen LogP contribution in [0.25, 0.3) is 0 Å². The third kappa shape index (κ3) is 1.98. The van der Waals surface area contributed by atoms with Crippen molar-refractivity contribution in [2.45, 2.75) is 33.1 Å². The molecule has 0 unspecified atom stereocenters. The van der Waals surface area contributed by atoms with Crippen LogP contribution in [0.5, 0.6) is 0 Å². The second kappa shape index (κ2) is 4.08. The molecule has 2 aliphatic rings. The number of hydrogen-bond donors (Lipinski definition) is 0. The highest BCUT2D eigenvalue weighted by atomic mass is 32.4. The summed E-state index contributed by atoms with van der Waals surface area (Å²) >= 11 is 5.94. The van der Waals surface area contributed by atoms with E-state index in [9.17, 15) is 0 Å². The first-order valence-corrected chi connectivity index (χ1v) is 8.73. The fourth-order valence-corrected chi connectivity index (χ4v) is 7.71. The zero-order valence-corrected chi connectivity index (χ0v) is 11.0. The van der Waals surface area contributed by atoms with Gasteiger partial charge in [-0.2, -0.15) is 0 Å². The molecule has 0 spiro atoms. The molecule has 1 nitrogen and oxygen atoms in total. The Morgan fingerprint density at radius 2 is 1.50 bits per heavy atom. The third-order valence-corrected chi connectivity index (χ3v) is 8.38. The summed E-state index contributed by atoms with van der Waals surface area (Å²) in [4.78, 5) is 0. The summed E-state index contributed by atoms with van der Waals surface area (Å²) in [6.07, 6.45) is 5.45. The standard InChI is InChI=1S/C11H20NPS/c1-10-8-13(14,9-11(10)2)12-6-4-3-5-7-12/h3-9H2,1-2H3. The molecule has 0 N–H and O–H groups in total. The van der Waals surface area contributed by atoms with Gasteiger partial charge in [0.15, 0.2) is 0 Å². The zero-order chi connectivity index (χ0) is 10.2. The SMILES string of the molecule is CC1=C(C)CP(=S)(N2CCCCC2)C1. The van der Waals surface area contributed by atoms with E-state index in [1.54, 1.807) is 11.1 Å². The van der Waals surface area contributed by atoms with Crippen molar-refractivity contribution < 1.29 is 0 Å². The Morgan fingerprint density at radius 3 is 2.00 bits per heavy atom. The van der Waals surface area contributed by atoms with Gasteiger partial charge in [-0.05, 0) is 26.7 Å². The van der Waals surface area contributed by atoms with Crippen LogP contribution in [0.15, 0.2) is 11.1 Å². The van der Waals surface area contributed by atoms with Crippen molar-refractivity contribution in [1.29, 1.82) is 0 Å². The van der Waals surface area contributed by atoms with E-state index in [1.807, 2.05) is 0 Å². The number of nitrogens with zero attached hydrogens (tertiary/aromatic N) is 1. The van der Waals surface area contributed by atoms with Crippen LogP contribution in [0.2, 0.25) is 0 Å². The van der Waals surface area contributed by atoms with E-state index in [2.05, 4.69) is 18.5 Å². The molecule has 2 aliphatic heterocycles. The highest BCUT2D eigenvalue weighted by Gasteiger charge is 2.32. The van der Waals surface area contributed by atoms with E-state index >= 15 is 0 Å². The molecule has 0 aliphatic carbocycles. The smallest absolute Gasteiger partial charge is 0.0228 e. The van der Waals surface area contributed by atoms with Crippen LogP contribution in [0, 0.1) is 0 Å². The molecule has 0 amide bonds. The van der Waals surface area contributed by atoms with Gasteiger partial charge in [0.25, 0.3) is 0 Å². The molecule has 14 heavy (non-hydrogen) atoms. The van der Waals surface area contributed by atoms with E-state index in [-0.39, 0.29) is 0 Å². The fourth-order valence-electron chi connectivity index (χ4n) is 2.51.